The van der Waals surface area contributed by atoms with E-state index >= 15 is 0 Å². The zero-order chi connectivity index (χ0) is 20.1. The van der Waals surface area contributed by atoms with Crippen LogP contribution in [0, 0.1) is 5.82 Å². The van der Waals surface area contributed by atoms with E-state index in [0.717, 1.165) is 6.54 Å². The number of carbonyl (C=O) groups excluding carboxylic acids is 1. The number of hydrogen-bond donors (Lipinski definition) is 3. The Kier molecular flexibility index (Phi) is 7.51. The third-order valence-electron chi connectivity index (χ3n) is 4.64. The SMILES string of the molecule is Cl.O=C(CC1CNCCO1)NCc1nc(-c2cccc(F)c2)c(-c2ccccn2)[nH]1. The number of halogens is 2. The summed E-state index contributed by atoms with van der Waals surface area (Å²) >= 11 is 0. The van der Waals surface area contributed by atoms with Gasteiger partial charge in [0.25, 0.3) is 0 Å². The maximum Gasteiger partial charge on any atom is 0.223 e. The van der Waals surface area contributed by atoms with E-state index in [1.807, 2.05) is 18.2 Å². The van der Waals surface area contributed by atoms with E-state index in [2.05, 4.69) is 25.6 Å². The number of pyridine rings is 1. The van der Waals surface area contributed by atoms with Gasteiger partial charge in [-0.2, -0.15) is 0 Å². The Morgan fingerprint density at radius 2 is 2.17 bits per heavy atom. The number of nitrogens with one attached hydrogen (secondary N) is 3. The molecule has 2 aromatic heterocycles. The van der Waals surface area contributed by atoms with Gasteiger partial charge in [0.05, 0.1) is 42.8 Å². The number of rotatable bonds is 6. The van der Waals surface area contributed by atoms with Crippen LogP contribution in [0.15, 0.2) is 48.7 Å². The molecule has 158 valence electrons. The van der Waals surface area contributed by atoms with Gasteiger partial charge in [0.2, 0.25) is 5.91 Å². The molecule has 3 aromatic rings. The molecule has 0 aliphatic carbocycles. The second-order valence-corrected chi connectivity index (χ2v) is 6.81. The topological polar surface area (TPSA) is 91.9 Å². The summed E-state index contributed by atoms with van der Waals surface area (Å²) in [4.78, 5) is 24.4. The van der Waals surface area contributed by atoms with Gasteiger partial charge in [-0.25, -0.2) is 9.37 Å². The van der Waals surface area contributed by atoms with E-state index in [9.17, 15) is 9.18 Å². The highest BCUT2D eigenvalue weighted by atomic mass is 35.5. The van der Waals surface area contributed by atoms with Crippen molar-refractivity contribution in [2.24, 2.45) is 0 Å². The highest BCUT2D eigenvalue weighted by Crippen LogP contribution is 2.29. The Morgan fingerprint density at radius 1 is 1.27 bits per heavy atom. The molecule has 7 nitrogen and oxygen atoms in total. The van der Waals surface area contributed by atoms with Gasteiger partial charge >= 0.3 is 0 Å². The number of H-pyrrole nitrogens is 1. The van der Waals surface area contributed by atoms with Crippen molar-refractivity contribution in [1.82, 2.24) is 25.6 Å². The molecule has 1 saturated heterocycles. The summed E-state index contributed by atoms with van der Waals surface area (Å²) in [5.41, 5.74) is 2.60. The molecule has 9 heteroatoms. The molecular formula is C21H23ClFN5O2. The van der Waals surface area contributed by atoms with Crippen molar-refractivity contribution in [3.05, 3.63) is 60.3 Å². The molecule has 1 aliphatic heterocycles. The van der Waals surface area contributed by atoms with Crippen molar-refractivity contribution in [1.29, 1.82) is 0 Å². The molecule has 1 aromatic carbocycles. The zero-order valence-corrected chi connectivity index (χ0v) is 17.0. The number of nitrogens with zero attached hydrogens (tertiary/aromatic N) is 2. The number of amides is 1. The number of aromatic amines is 1. The van der Waals surface area contributed by atoms with Crippen molar-refractivity contribution in [2.45, 2.75) is 19.1 Å². The summed E-state index contributed by atoms with van der Waals surface area (Å²) in [7, 11) is 0. The summed E-state index contributed by atoms with van der Waals surface area (Å²) in [6, 6.07) is 11.8. The Hall–Kier alpha value is -2.81. The Labute approximate surface area is 179 Å². The summed E-state index contributed by atoms with van der Waals surface area (Å²) in [6.45, 7) is 2.32. The van der Waals surface area contributed by atoms with Crippen LogP contribution in [-0.4, -0.2) is 46.7 Å². The van der Waals surface area contributed by atoms with Gasteiger partial charge in [-0.15, -0.1) is 12.4 Å². The first kappa shape index (κ1) is 21.9. The van der Waals surface area contributed by atoms with Crippen LogP contribution in [0.3, 0.4) is 0 Å². The normalized spacial score (nSPS) is 16.0. The van der Waals surface area contributed by atoms with Gasteiger partial charge in [-0.1, -0.05) is 18.2 Å². The lowest BCUT2D eigenvalue weighted by atomic mass is 10.1. The molecule has 0 saturated carbocycles. The molecule has 1 atom stereocenters. The zero-order valence-electron chi connectivity index (χ0n) is 16.2. The Bertz CT molecular complexity index is 977. The summed E-state index contributed by atoms with van der Waals surface area (Å²) in [5, 5.41) is 6.07. The van der Waals surface area contributed by atoms with Gasteiger partial charge in [0.15, 0.2) is 0 Å². The minimum absolute atomic E-state index is 0. The summed E-state index contributed by atoms with van der Waals surface area (Å²) in [5.74, 6) is 0.121. The highest BCUT2D eigenvalue weighted by molar-refractivity contribution is 5.85. The van der Waals surface area contributed by atoms with Crippen molar-refractivity contribution in [3.63, 3.8) is 0 Å². The molecular weight excluding hydrogens is 409 g/mol. The van der Waals surface area contributed by atoms with Crippen molar-refractivity contribution >= 4 is 18.3 Å². The minimum Gasteiger partial charge on any atom is -0.375 e. The average Bonchev–Trinajstić information content (AvgIpc) is 3.18. The van der Waals surface area contributed by atoms with Gasteiger partial charge in [0.1, 0.15) is 11.6 Å². The van der Waals surface area contributed by atoms with Crippen LogP contribution in [0.25, 0.3) is 22.6 Å². The number of aromatic nitrogens is 3. The van der Waals surface area contributed by atoms with Crippen LogP contribution in [0.1, 0.15) is 12.2 Å². The molecule has 1 fully saturated rings. The molecule has 3 N–H and O–H groups in total. The van der Waals surface area contributed by atoms with E-state index in [1.165, 1.54) is 12.1 Å². The lowest BCUT2D eigenvalue weighted by Crippen LogP contribution is -2.41. The molecule has 1 aliphatic rings. The lowest BCUT2D eigenvalue weighted by molar-refractivity contribution is -0.124. The molecule has 1 amide bonds. The predicted molar refractivity (Wildman–Crippen MR) is 114 cm³/mol. The average molecular weight is 432 g/mol. The van der Waals surface area contributed by atoms with E-state index in [4.69, 9.17) is 4.74 Å². The molecule has 0 radical (unpaired) electrons. The third kappa shape index (κ3) is 5.41. The van der Waals surface area contributed by atoms with E-state index < -0.39 is 0 Å². The fourth-order valence-corrected chi connectivity index (χ4v) is 3.26. The quantitative estimate of drug-likeness (QED) is 0.558. The van der Waals surface area contributed by atoms with Gasteiger partial charge in [-0.3, -0.25) is 9.78 Å². The van der Waals surface area contributed by atoms with Gasteiger partial charge in [-0.05, 0) is 24.3 Å². The molecule has 0 spiro atoms. The first-order valence-electron chi connectivity index (χ1n) is 9.54. The molecule has 0 bridgehead atoms. The fourth-order valence-electron chi connectivity index (χ4n) is 3.26. The predicted octanol–water partition coefficient (Wildman–Crippen LogP) is 2.69. The summed E-state index contributed by atoms with van der Waals surface area (Å²) < 4.78 is 19.3. The first-order valence-corrected chi connectivity index (χ1v) is 9.54. The van der Waals surface area contributed by atoms with Crippen molar-refractivity contribution < 1.29 is 13.9 Å². The second-order valence-electron chi connectivity index (χ2n) is 6.81. The fraction of sp³-hybridized carbons (Fsp3) is 0.286. The van der Waals surface area contributed by atoms with E-state index in [0.29, 0.717) is 41.6 Å². The number of ether oxygens (including phenoxy) is 1. The molecule has 30 heavy (non-hydrogen) atoms. The number of benzene rings is 1. The number of imidazole rings is 1. The number of hydrogen-bond acceptors (Lipinski definition) is 5. The van der Waals surface area contributed by atoms with E-state index in [-0.39, 0.29) is 43.2 Å². The number of carbonyl (C=O) groups is 1. The first-order chi connectivity index (χ1) is 14.2. The maximum atomic E-state index is 13.7. The molecule has 1 unspecified atom stereocenters. The van der Waals surface area contributed by atoms with Crippen LogP contribution >= 0.6 is 12.4 Å². The maximum absolute atomic E-state index is 13.7. The number of morpholine rings is 1. The minimum atomic E-state index is -0.339. The summed E-state index contributed by atoms with van der Waals surface area (Å²) in [6.07, 6.45) is 1.86. The van der Waals surface area contributed by atoms with Gasteiger partial charge < -0.3 is 20.4 Å². The Morgan fingerprint density at radius 3 is 2.90 bits per heavy atom. The van der Waals surface area contributed by atoms with Crippen LogP contribution in [0.5, 0.6) is 0 Å². The van der Waals surface area contributed by atoms with Crippen LogP contribution in [-0.2, 0) is 16.1 Å². The smallest absolute Gasteiger partial charge is 0.223 e. The molecule has 3 heterocycles. The van der Waals surface area contributed by atoms with Crippen molar-refractivity contribution in [3.8, 4) is 22.6 Å². The Balaban J connectivity index is 0.00000256. The highest BCUT2D eigenvalue weighted by Gasteiger charge is 2.19. The van der Waals surface area contributed by atoms with Gasteiger partial charge in [0, 0.05) is 24.8 Å². The standard InChI is InChI=1S/C21H22FN5O2.ClH/c22-15-5-3-4-14(10-15)20-21(17-6-1-2-7-24-17)27-18(26-20)13-25-19(28)11-16-12-23-8-9-29-16;/h1-7,10,16,23H,8-9,11-13H2,(H,25,28)(H,26,27);1H. The monoisotopic (exact) mass is 431 g/mol. The van der Waals surface area contributed by atoms with E-state index in [1.54, 1.807) is 18.3 Å². The second kappa shape index (κ2) is 10.3. The largest absolute Gasteiger partial charge is 0.375 e. The molecule has 4 rings (SSSR count). The van der Waals surface area contributed by atoms with Crippen LogP contribution in [0.4, 0.5) is 4.39 Å². The van der Waals surface area contributed by atoms with Crippen LogP contribution in [0.2, 0.25) is 0 Å². The van der Waals surface area contributed by atoms with Crippen molar-refractivity contribution in [2.75, 3.05) is 19.7 Å². The lowest BCUT2D eigenvalue weighted by Gasteiger charge is -2.22. The third-order valence-corrected chi connectivity index (χ3v) is 4.64. The van der Waals surface area contributed by atoms with Crippen LogP contribution < -0.4 is 10.6 Å².